The van der Waals surface area contributed by atoms with Crippen LogP contribution in [0.2, 0.25) is 0 Å². The first-order chi connectivity index (χ1) is 8.01. The highest BCUT2D eigenvalue weighted by Crippen LogP contribution is 2.24. The maximum absolute atomic E-state index is 10.9. The van der Waals surface area contributed by atoms with Gasteiger partial charge in [0.05, 0.1) is 6.61 Å². The molecule has 0 amide bonds. The number of methoxy groups -OCH3 is 2. The largest absolute Gasteiger partial charge is 0.454 e. The molecule has 0 radical (unpaired) electrons. The second-order valence-corrected chi connectivity index (χ2v) is 3.79. The number of esters is 1. The Labute approximate surface area is 99.2 Å². The molecule has 0 saturated carbocycles. The topological polar surface area (TPSA) is 94.5 Å². The third-order valence-electron chi connectivity index (χ3n) is 2.51. The number of ether oxygens (including phenoxy) is 4. The molecule has 1 rings (SSSR count). The van der Waals surface area contributed by atoms with Crippen molar-refractivity contribution in [2.24, 2.45) is 0 Å². The van der Waals surface area contributed by atoms with Crippen LogP contribution in [0.1, 0.15) is 6.92 Å². The first-order valence-electron chi connectivity index (χ1n) is 5.21. The van der Waals surface area contributed by atoms with Crippen LogP contribution >= 0.6 is 0 Å². The molecule has 7 heteroatoms. The lowest BCUT2D eigenvalue weighted by Crippen LogP contribution is -2.60. The minimum Gasteiger partial charge on any atom is -0.454 e. The Hall–Kier alpha value is -0.730. The first-order valence-corrected chi connectivity index (χ1v) is 5.21. The highest BCUT2D eigenvalue weighted by Gasteiger charge is 2.46. The van der Waals surface area contributed by atoms with E-state index in [2.05, 4.69) is 0 Å². The van der Waals surface area contributed by atoms with Crippen LogP contribution in [0.15, 0.2) is 0 Å². The molecule has 0 spiro atoms. The van der Waals surface area contributed by atoms with Crippen molar-refractivity contribution < 1.29 is 34.0 Å². The molecule has 1 heterocycles. The van der Waals surface area contributed by atoms with Gasteiger partial charge < -0.3 is 29.2 Å². The molecule has 0 aromatic rings. The number of hydrogen-bond acceptors (Lipinski definition) is 7. The summed E-state index contributed by atoms with van der Waals surface area (Å²) in [5.74, 6) is -0.586. The molecule has 5 unspecified atom stereocenters. The van der Waals surface area contributed by atoms with E-state index < -0.39 is 36.7 Å². The van der Waals surface area contributed by atoms with Gasteiger partial charge in [0.15, 0.2) is 12.4 Å². The molecular formula is C10H18O7. The maximum Gasteiger partial charge on any atom is 0.303 e. The number of hydrogen-bond donors (Lipinski definition) is 2. The van der Waals surface area contributed by atoms with Gasteiger partial charge in [0.1, 0.15) is 18.3 Å². The Morgan fingerprint density at radius 2 is 1.94 bits per heavy atom. The van der Waals surface area contributed by atoms with Crippen LogP contribution in [0.3, 0.4) is 0 Å². The van der Waals surface area contributed by atoms with Crippen molar-refractivity contribution in [3.05, 3.63) is 0 Å². The molecule has 0 bridgehead atoms. The first kappa shape index (κ1) is 14.3. The number of carbonyl (C=O) groups is 1. The predicted octanol–water partition coefficient (Wildman–Crippen LogP) is -1.34. The van der Waals surface area contributed by atoms with Crippen molar-refractivity contribution in [2.45, 2.75) is 37.6 Å². The zero-order valence-corrected chi connectivity index (χ0v) is 10.0. The summed E-state index contributed by atoms with van der Waals surface area (Å²) in [5, 5.41) is 19.6. The summed E-state index contributed by atoms with van der Waals surface area (Å²) in [6.45, 7) is 1.30. The molecule has 0 aromatic carbocycles. The SMILES string of the molecule is COCC1OC(OC)C(OC(C)=O)C(O)C1O. The molecule has 1 fully saturated rings. The lowest BCUT2D eigenvalue weighted by atomic mass is 9.99. The molecule has 0 aromatic heterocycles. The molecule has 0 aliphatic carbocycles. The van der Waals surface area contributed by atoms with Crippen molar-refractivity contribution >= 4 is 5.97 Å². The van der Waals surface area contributed by atoms with E-state index in [0.717, 1.165) is 0 Å². The van der Waals surface area contributed by atoms with Crippen LogP contribution < -0.4 is 0 Å². The molecule has 5 atom stereocenters. The van der Waals surface area contributed by atoms with E-state index in [1.54, 1.807) is 0 Å². The zero-order valence-electron chi connectivity index (χ0n) is 10.0. The summed E-state index contributed by atoms with van der Waals surface area (Å²) in [6.07, 6.45) is -5.20. The average molecular weight is 250 g/mol. The fourth-order valence-corrected chi connectivity index (χ4v) is 1.71. The lowest BCUT2D eigenvalue weighted by Gasteiger charge is -2.40. The van der Waals surface area contributed by atoms with Gasteiger partial charge in [-0.25, -0.2) is 0 Å². The van der Waals surface area contributed by atoms with Gasteiger partial charge >= 0.3 is 5.97 Å². The summed E-state index contributed by atoms with van der Waals surface area (Å²) in [4.78, 5) is 10.9. The molecule has 7 nitrogen and oxygen atoms in total. The van der Waals surface area contributed by atoms with E-state index in [0.29, 0.717) is 0 Å². The van der Waals surface area contributed by atoms with Gasteiger partial charge in [-0.15, -0.1) is 0 Å². The summed E-state index contributed by atoms with van der Waals surface area (Å²) < 4.78 is 20.0. The van der Waals surface area contributed by atoms with Crippen LogP contribution in [0.5, 0.6) is 0 Å². The number of rotatable bonds is 4. The minimum atomic E-state index is -1.28. The molecule has 100 valence electrons. The van der Waals surface area contributed by atoms with Crippen LogP contribution in [-0.2, 0) is 23.7 Å². The van der Waals surface area contributed by atoms with Crippen LogP contribution in [-0.4, -0.2) is 67.7 Å². The summed E-state index contributed by atoms with van der Waals surface area (Å²) in [7, 11) is 2.80. The van der Waals surface area contributed by atoms with Crippen molar-refractivity contribution in [2.75, 3.05) is 20.8 Å². The fourth-order valence-electron chi connectivity index (χ4n) is 1.71. The van der Waals surface area contributed by atoms with Gasteiger partial charge in [0.25, 0.3) is 0 Å². The predicted molar refractivity (Wildman–Crippen MR) is 55.1 cm³/mol. The summed E-state index contributed by atoms with van der Waals surface area (Å²) in [6, 6.07) is 0. The third-order valence-corrected chi connectivity index (χ3v) is 2.51. The van der Waals surface area contributed by atoms with Gasteiger partial charge in [0.2, 0.25) is 0 Å². The smallest absolute Gasteiger partial charge is 0.303 e. The Balaban J connectivity index is 2.75. The van der Waals surface area contributed by atoms with E-state index in [9.17, 15) is 15.0 Å². The number of aliphatic hydroxyl groups excluding tert-OH is 2. The Morgan fingerprint density at radius 3 is 2.41 bits per heavy atom. The van der Waals surface area contributed by atoms with Crippen molar-refractivity contribution in [1.82, 2.24) is 0 Å². The number of aliphatic hydroxyl groups is 2. The van der Waals surface area contributed by atoms with Gasteiger partial charge in [-0.2, -0.15) is 0 Å². The zero-order chi connectivity index (χ0) is 13.0. The monoisotopic (exact) mass is 250 g/mol. The van der Waals surface area contributed by atoms with Crippen molar-refractivity contribution in [1.29, 1.82) is 0 Å². The molecular weight excluding hydrogens is 232 g/mol. The Bertz CT molecular complexity index is 255. The average Bonchev–Trinajstić information content (AvgIpc) is 2.28. The van der Waals surface area contributed by atoms with E-state index in [4.69, 9.17) is 18.9 Å². The van der Waals surface area contributed by atoms with E-state index >= 15 is 0 Å². The molecule has 1 aliphatic rings. The maximum atomic E-state index is 10.9. The number of carbonyl (C=O) groups excluding carboxylic acids is 1. The Kier molecular flexibility index (Phi) is 5.29. The molecule has 1 saturated heterocycles. The highest BCUT2D eigenvalue weighted by atomic mass is 16.7. The third kappa shape index (κ3) is 3.36. The molecule has 2 N–H and O–H groups in total. The van der Waals surface area contributed by atoms with Crippen molar-refractivity contribution in [3.63, 3.8) is 0 Å². The van der Waals surface area contributed by atoms with Crippen molar-refractivity contribution in [3.8, 4) is 0 Å². The standard InChI is InChI=1S/C10H18O7/c1-5(11)16-9-8(13)7(12)6(4-14-2)17-10(9)15-3/h6-10,12-13H,4H2,1-3H3. The second-order valence-electron chi connectivity index (χ2n) is 3.79. The van der Waals surface area contributed by atoms with E-state index in [1.807, 2.05) is 0 Å². The minimum absolute atomic E-state index is 0.102. The molecule has 1 aliphatic heterocycles. The molecule has 17 heavy (non-hydrogen) atoms. The van der Waals surface area contributed by atoms with Gasteiger partial charge in [-0.05, 0) is 0 Å². The Morgan fingerprint density at radius 1 is 1.29 bits per heavy atom. The second kappa shape index (κ2) is 6.27. The summed E-state index contributed by atoms with van der Waals surface area (Å²) >= 11 is 0. The van der Waals surface area contributed by atoms with Crippen LogP contribution in [0, 0.1) is 0 Å². The lowest BCUT2D eigenvalue weighted by molar-refractivity contribution is -0.298. The van der Waals surface area contributed by atoms with E-state index in [1.165, 1.54) is 21.1 Å². The van der Waals surface area contributed by atoms with Gasteiger partial charge in [-0.1, -0.05) is 0 Å². The highest BCUT2D eigenvalue weighted by molar-refractivity contribution is 5.66. The van der Waals surface area contributed by atoms with Crippen LogP contribution in [0.4, 0.5) is 0 Å². The van der Waals surface area contributed by atoms with Gasteiger partial charge in [-0.3, -0.25) is 4.79 Å². The summed E-state index contributed by atoms with van der Waals surface area (Å²) in [5.41, 5.74) is 0. The quantitative estimate of drug-likeness (QED) is 0.596. The van der Waals surface area contributed by atoms with Gasteiger partial charge in [0, 0.05) is 21.1 Å². The normalized spacial score (nSPS) is 37.8. The van der Waals surface area contributed by atoms with E-state index in [-0.39, 0.29) is 6.61 Å². The fraction of sp³-hybridized carbons (Fsp3) is 0.900. The van der Waals surface area contributed by atoms with Crippen LogP contribution in [0.25, 0.3) is 0 Å².